The lowest BCUT2D eigenvalue weighted by Gasteiger charge is -1.92. The van der Waals surface area contributed by atoms with Crippen molar-refractivity contribution < 1.29 is 0 Å². The predicted octanol–water partition coefficient (Wildman–Crippen LogP) is 2.39. The minimum atomic E-state index is 0.826. The Morgan fingerprint density at radius 3 is 2.58 bits per heavy atom. The fourth-order valence-corrected chi connectivity index (χ4v) is 1.83. The monoisotopic (exact) mass is 176 g/mol. The molecule has 12 heavy (non-hydrogen) atoms. The minimum absolute atomic E-state index is 0.826. The Morgan fingerprint density at radius 1 is 1.25 bits per heavy atom. The Kier molecular flexibility index (Phi) is 1.80. The summed E-state index contributed by atoms with van der Waals surface area (Å²) >= 11 is 1.65. The van der Waals surface area contributed by atoms with Gasteiger partial charge in [0.25, 0.3) is 0 Å². The van der Waals surface area contributed by atoms with Gasteiger partial charge in [0, 0.05) is 28.3 Å². The molecule has 2 nitrogen and oxygen atoms in total. The molecule has 0 atom stereocenters. The zero-order valence-electron chi connectivity index (χ0n) is 6.40. The highest BCUT2D eigenvalue weighted by Gasteiger charge is 1.98. The lowest BCUT2D eigenvalue weighted by atomic mass is 10.2. The quantitative estimate of drug-likeness (QED) is 0.724. The molecule has 2 heterocycles. The molecule has 2 aromatic rings. The average Bonchev–Trinajstić information content (AvgIpc) is 2.54. The number of hydrogen-bond donors (Lipinski definition) is 1. The minimum Gasteiger partial charge on any atom is -0.398 e. The summed E-state index contributed by atoms with van der Waals surface area (Å²) in [5.74, 6) is 0. The van der Waals surface area contributed by atoms with Crippen molar-refractivity contribution in [3.63, 3.8) is 0 Å². The van der Waals surface area contributed by atoms with Gasteiger partial charge in [0.05, 0.1) is 0 Å². The molecule has 0 spiro atoms. The summed E-state index contributed by atoms with van der Waals surface area (Å²) in [6.45, 7) is 0. The Bertz CT molecular complexity index is 367. The number of rotatable bonds is 1. The third-order valence-electron chi connectivity index (χ3n) is 1.58. The van der Waals surface area contributed by atoms with E-state index in [0.29, 0.717) is 0 Å². The molecule has 0 aliphatic heterocycles. The van der Waals surface area contributed by atoms with Gasteiger partial charge in [-0.25, -0.2) is 0 Å². The van der Waals surface area contributed by atoms with Crippen molar-refractivity contribution in [1.29, 1.82) is 0 Å². The zero-order valence-corrected chi connectivity index (χ0v) is 7.21. The highest BCUT2D eigenvalue weighted by atomic mass is 32.1. The van der Waals surface area contributed by atoms with E-state index < -0.39 is 0 Å². The van der Waals surface area contributed by atoms with Crippen LogP contribution < -0.4 is 5.73 Å². The molecule has 2 N–H and O–H groups in total. The molecule has 0 amide bonds. The average molecular weight is 176 g/mol. The normalized spacial score (nSPS) is 10.0. The van der Waals surface area contributed by atoms with Crippen LogP contribution in [0.25, 0.3) is 10.4 Å². The molecule has 0 bridgehead atoms. The van der Waals surface area contributed by atoms with Gasteiger partial charge in [0.15, 0.2) is 0 Å². The third kappa shape index (κ3) is 1.31. The second-order valence-corrected chi connectivity index (χ2v) is 3.39. The summed E-state index contributed by atoms with van der Waals surface area (Å²) in [6.07, 6.45) is 3.57. The van der Waals surface area contributed by atoms with Gasteiger partial charge in [0.2, 0.25) is 0 Å². The maximum absolute atomic E-state index is 5.61. The van der Waals surface area contributed by atoms with Crippen molar-refractivity contribution in [1.82, 2.24) is 4.98 Å². The Hall–Kier alpha value is -1.35. The predicted molar refractivity (Wildman–Crippen MR) is 52.0 cm³/mol. The van der Waals surface area contributed by atoms with Crippen molar-refractivity contribution >= 4 is 17.0 Å². The first-order chi connectivity index (χ1) is 5.86. The van der Waals surface area contributed by atoms with E-state index in [1.165, 1.54) is 10.4 Å². The van der Waals surface area contributed by atoms with Crippen molar-refractivity contribution in [2.24, 2.45) is 0 Å². The first kappa shape index (κ1) is 7.31. The summed E-state index contributed by atoms with van der Waals surface area (Å²) < 4.78 is 0. The van der Waals surface area contributed by atoms with Crippen molar-refractivity contribution in [2.75, 3.05) is 5.73 Å². The van der Waals surface area contributed by atoms with E-state index >= 15 is 0 Å². The van der Waals surface area contributed by atoms with Crippen molar-refractivity contribution in [3.05, 3.63) is 36.0 Å². The fourth-order valence-electron chi connectivity index (χ4n) is 1.02. The van der Waals surface area contributed by atoms with E-state index in [9.17, 15) is 0 Å². The lowest BCUT2D eigenvalue weighted by molar-refractivity contribution is 1.33. The highest BCUT2D eigenvalue weighted by Crippen LogP contribution is 2.27. The van der Waals surface area contributed by atoms with Crippen LogP contribution in [0.3, 0.4) is 0 Å². The van der Waals surface area contributed by atoms with Crippen LogP contribution in [0.15, 0.2) is 36.0 Å². The zero-order chi connectivity index (χ0) is 8.39. The van der Waals surface area contributed by atoms with Gasteiger partial charge in [0.1, 0.15) is 0 Å². The van der Waals surface area contributed by atoms with Crippen LogP contribution in [0, 0.1) is 0 Å². The standard InChI is InChI=1S/C9H8N2S/c10-8-5-9(12-6-8)7-1-3-11-4-2-7/h1-6H,10H2. The van der Waals surface area contributed by atoms with Crippen LogP contribution in [-0.2, 0) is 0 Å². The molecule has 0 unspecified atom stereocenters. The molecule has 0 radical (unpaired) electrons. The number of aromatic nitrogens is 1. The van der Waals surface area contributed by atoms with E-state index in [4.69, 9.17) is 5.73 Å². The lowest BCUT2D eigenvalue weighted by Crippen LogP contribution is -1.77. The Morgan fingerprint density at radius 2 is 2.00 bits per heavy atom. The summed E-state index contributed by atoms with van der Waals surface area (Å²) in [6, 6.07) is 5.93. The largest absolute Gasteiger partial charge is 0.398 e. The van der Waals surface area contributed by atoms with E-state index in [2.05, 4.69) is 4.98 Å². The molecule has 2 aromatic heterocycles. The number of nitrogens with zero attached hydrogens (tertiary/aromatic N) is 1. The molecule has 0 saturated heterocycles. The number of anilines is 1. The van der Waals surface area contributed by atoms with Crippen molar-refractivity contribution in [3.8, 4) is 10.4 Å². The van der Waals surface area contributed by atoms with Gasteiger partial charge in [-0.3, -0.25) is 4.98 Å². The molecular formula is C9H8N2S. The first-order valence-electron chi connectivity index (χ1n) is 3.60. The molecule has 0 saturated carbocycles. The summed E-state index contributed by atoms with van der Waals surface area (Å²) in [4.78, 5) is 5.14. The van der Waals surface area contributed by atoms with E-state index in [1.54, 1.807) is 23.7 Å². The second kappa shape index (κ2) is 2.95. The number of nitrogen functional groups attached to an aromatic ring is 1. The van der Waals surface area contributed by atoms with Crippen molar-refractivity contribution in [2.45, 2.75) is 0 Å². The second-order valence-electron chi connectivity index (χ2n) is 2.48. The van der Waals surface area contributed by atoms with Crippen LogP contribution >= 0.6 is 11.3 Å². The maximum atomic E-state index is 5.61. The molecule has 0 fully saturated rings. The van der Waals surface area contributed by atoms with Crippen LogP contribution in [0.4, 0.5) is 5.69 Å². The maximum Gasteiger partial charge on any atom is 0.0429 e. The van der Waals surface area contributed by atoms with Gasteiger partial charge in [-0.2, -0.15) is 0 Å². The molecular weight excluding hydrogens is 168 g/mol. The summed E-state index contributed by atoms with van der Waals surface area (Å²) in [5.41, 5.74) is 7.61. The fraction of sp³-hybridized carbons (Fsp3) is 0. The topological polar surface area (TPSA) is 38.9 Å². The third-order valence-corrected chi connectivity index (χ3v) is 2.58. The summed E-state index contributed by atoms with van der Waals surface area (Å²) in [5, 5.41) is 1.94. The van der Waals surface area contributed by atoms with Crippen LogP contribution in [-0.4, -0.2) is 4.98 Å². The number of pyridine rings is 1. The Balaban J connectivity index is 2.45. The summed E-state index contributed by atoms with van der Waals surface area (Å²) in [7, 11) is 0. The van der Waals surface area contributed by atoms with Crippen LogP contribution in [0.5, 0.6) is 0 Å². The first-order valence-corrected chi connectivity index (χ1v) is 4.48. The van der Waals surface area contributed by atoms with Crippen LogP contribution in [0.1, 0.15) is 0 Å². The van der Waals surface area contributed by atoms with Gasteiger partial charge >= 0.3 is 0 Å². The van der Waals surface area contributed by atoms with Crippen LogP contribution in [0.2, 0.25) is 0 Å². The highest BCUT2D eigenvalue weighted by molar-refractivity contribution is 7.14. The number of nitrogens with two attached hydrogens (primary N) is 1. The van der Waals surface area contributed by atoms with E-state index in [1.807, 2.05) is 23.6 Å². The van der Waals surface area contributed by atoms with Gasteiger partial charge < -0.3 is 5.73 Å². The van der Waals surface area contributed by atoms with E-state index in [0.717, 1.165) is 5.69 Å². The number of thiophene rings is 1. The molecule has 0 aromatic carbocycles. The molecule has 3 heteroatoms. The number of hydrogen-bond acceptors (Lipinski definition) is 3. The molecule has 60 valence electrons. The van der Waals surface area contributed by atoms with Gasteiger partial charge in [-0.15, -0.1) is 11.3 Å². The Labute approximate surface area is 74.7 Å². The molecule has 2 rings (SSSR count). The molecule has 0 aliphatic rings. The van der Waals surface area contributed by atoms with E-state index in [-0.39, 0.29) is 0 Å². The van der Waals surface area contributed by atoms with Gasteiger partial charge in [-0.05, 0) is 23.8 Å². The smallest absolute Gasteiger partial charge is 0.0429 e. The van der Waals surface area contributed by atoms with Gasteiger partial charge in [-0.1, -0.05) is 0 Å². The SMILES string of the molecule is Nc1csc(-c2ccncc2)c1. The molecule has 0 aliphatic carbocycles.